The monoisotopic (exact) mass is 226 g/mol. The highest BCUT2D eigenvalue weighted by Gasteiger charge is 2.19. The van der Waals surface area contributed by atoms with Gasteiger partial charge in [0.05, 0.1) is 13.7 Å². The highest BCUT2D eigenvalue weighted by Crippen LogP contribution is 2.29. The van der Waals surface area contributed by atoms with Gasteiger partial charge >= 0.3 is 5.97 Å². The van der Waals surface area contributed by atoms with E-state index in [2.05, 4.69) is 4.74 Å². The topological polar surface area (TPSA) is 76.0 Å². The quantitative estimate of drug-likeness (QED) is 0.749. The van der Waals surface area contributed by atoms with Crippen molar-refractivity contribution in [1.29, 1.82) is 0 Å². The lowest BCUT2D eigenvalue weighted by Crippen LogP contribution is -2.15. The summed E-state index contributed by atoms with van der Waals surface area (Å²) in [5, 5.41) is 19.0. The van der Waals surface area contributed by atoms with Crippen molar-refractivity contribution in [2.75, 3.05) is 13.7 Å². The van der Waals surface area contributed by atoms with Crippen molar-refractivity contribution in [1.82, 2.24) is 0 Å². The number of ether oxygens (including phenoxy) is 2. The van der Waals surface area contributed by atoms with Gasteiger partial charge in [-0.05, 0) is 24.6 Å². The van der Waals surface area contributed by atoms with Crippen LogP contribution < -0.4 is 4.74 Å². The standard InChI is InChI=1S/C11H14O5/c1-3-16-11(14)10(13)7-4-5-8(12)9(6-7)15-2/h4-6,10,12-13H,3H2,1-2H3/t10-/m0/s1. The lowest BCUT2D eigenvalue weighted by atomic mass is 10.1. The van der Waals surface area contributed by atoms with E-state index in [0.29, 0.717) is 5.56 Å². The highest BCUT2D eigenvalue weighted by molar-refractivity contribution is 5.76. The maximum absolute atomic E-state index is 11.3. The Bertz CT molecular complexity index is 375. The smallest absolute Gasteiger partial charge is 0.339 e. The average Bonchev–Trinajstić information content (AvgIpc) is 2.29. The fourth-order valence-electron chi connectivity index (χ4n) is 1.22. The van der Waals surface area contributed by atoms with E-state index < -0.39 is 12.1 Å². The number of benzene rings is 1. The van der Waals surface area contributed by atoms with E-state index in [1.165, 1.54) is 25.3 Å². The number of methoxy groups -OCH3 is 1. The summed E-state index contributed by atoms with van der Waals surface area (Å²) in [6.45, 7) is 1.85. The van der Waals surface area contributed by atoms with Gasteiger partial charge in [-0.3, -0.25) is 0 Å². The van der Waals surface area contributed by atoms with Gasteiger partial charge in [-0.2, -0.15) is 0 Å². The molecular formula is C11H14O5. The van der Waals surface area contributed by atoms with Crippen LogP contribution in [0.5, 0.6) is 11.5 Å². The average molecular weight is 226 g/mol. The van der Waals surface area contributed by atoms with Gasteiger partial charge in [-0.25, -0.2) is 4.79 Å². The summed E-state index contributed by atoms with van der Waals surface area (Å²) >= 11 is 0. The first-order chi connectivity index (χ1) is 7.60. The molecule has 0 aromatic heterocycles. The molecule has 16 heavy (non-hydrogen) atoms. The SMILES string of the molecule is CCOC(=O)[C@@H](O)c1ccc(O)c(OC)c1. The molecule has 0 aliphatic heterocycles. The largest absolute Gasteiger partial charge is 0.504 e. The minimum absolute atomic E-state index is 0.0534. The number of aromatic hydroxyl groups is 1. The van der Waals surface area contributed by atoms with Crippen LogP contribution in [0.25, 0.3) is 0 Å². The number of esters is 1. The van der Waals surface area contributed by atoms with Gasteiger partial charge in [-0.1, -0.05) is 6.07 Å². The first-order valence-corrected chi connectivity index (χ1v) is 4.81. The number of hydrogen-bond acceptors (Lipinski definition) is 5. The molecular weight excluding hydrogens is 212 g/mol. The van der Waals surface area contributed by atoms with Gasteiger partial charge in [0.1, 0.15) is 0 Å². The van der Waals surface area contributed by atoms with E-state index in [1.54, 1.807) is 6.92 Å². The molecule has 0 fully saturated rings. The molecule has 1 rings (SSSR count). The van der Waals surface area contributed by atoms with E-state index in [9.17, 15) is 15.0 Å². The van der Waals surface area contributed by atoms with Crippen LogP contribution in [0, 0.1) is 0 Å². The zero-order valence-electron chi connectivity index (χ0n) is 9.14. The Balaban J connectivity index is 2.91. The molecule has 0 aliphatic carbocycles. The van der Waals surface area contributed by atoms with Gasteiger partial charge in [0.25, 0.3) is 0 Å². The van der Waals surface area contributed by atoms with Gasteiger partial charge in [-0.15, -0.1) is 0 Å². The Labute approximate surface area is 93.2 Å². The van der Waals surface area contributed by atoms with E-state index in [-0.39, 0.29) is 18.1 Å². The van der Waals surface area contributed by atoms with Gasteiger partial charge in [0, 0.05) is 0 Å². The predicted octanol–water partition coefficient (Wildman–Crippen LogP) is 0.997. The first kappa shape index (κ1) is 12.3. The first-order valence-electron chi connectivity index (χ1n) is 4.81. The van der Waals surface area contributed by atoms with Crippen molar-refractivity contribution < 1.29 is 24.5 Å². The Hall–Kier alpha value is -1.75. The van der Waals surface area contributed by atoms with Crippen molar-refractivity contribution in [3.63, 3.8) is 0 Å². The number of carbonyl (C=O) groups is 1. The fraction of sp³-hybridized carbons (Fsp3) is 0.364. The van der Waals surface area contributed by atoms with Crippen LogP contribution >= 0.6 is 0 Å². The van der Waals surface area contributed by atoms with Crippen LogP contribution in [0.4, 0.5) is 0 Å². The zero-order chi connectivity index (χ0) is 12.1. The summed E-state index contributed by atoms with van der Waals surface area (Å²) in [5.41, 5.74) is 0.313. The Morgan fingerprint density at radius 2 is 2.19 bits per heavy atom. The fourth-order valence-corrected chi connectivity index (χ4v) is 1.22. The summed E-state index contributed by atoms with van der Waals surface area (Å²) in [6, 6.07) is 4.16. The second kappa shape index (κ2) is 5.37. The van der Waals surface area contributed by atoms with Crippen molar-refractivity contribution in [2.45, 2.75) is 13.0 Å². The van der Waals surface area contributed by atoms with E-state index in [4.69, 9.17) is 4.74 Å². The van der Waals surface area contributed by atoms with Gasteiger partial charge in [0.2, 0.25) is 0 Å². The lowest BCUT2D eigenvalue weighted by molar-refractivity contribution is -0.153. The van der Waals surface area contributed by atoms with Crippen LogP contribution in [0.1, 0.15) is 18.6 Å². The molecule has 0 amide bonds. The van der Waals surface area contributed by atoms with Crippen LogP contribution in [0.3, 0.4) is 0 Å². The maximum atomic E-state index is 11.3. The number of carbonyl (C=O) groups excluding carboxylic acids is 1. The number of aliphatic hydroxyl groups is 1. The predicted molar refractivity (Wildman–Crippen MR) is 56.3 cm³/mol. The highest BCUT2D eigenvalue weighted by atomic mass is 16.5. The summed E-state index contributed by atoms with van der Waals surface area (Å²) in [5.74, 6) is -0.585. The van der Waals surface area contributed by atoms with Crippen molar-refractivity contribution in [3.05, 3.63) is 23.8 Å². The van der Waals surface area contributed by atoms with Gasteiger partial charge < -0.3 is 19.7 Å². The molecule has 5 heteroatoms. The van der Waals surface area contributed by atoms with E-state index >= 15 is 0 Å². The molecule has 0 heterocycles. The molecule has 0 bridgehead atoms. The molecule has 0 spiro atoms. The third-order valence-corrected chi connectivity index (χ3v) is 2.03. The molecule has 0 aliphatic rings. The summed E-state index contributed by atoms with van der Waals surface area (Å²) in [7, 11) is 1.38. The molecule has 2 N–H and O–H groups in total. The molecule has 0 radical (unpaired) electrons. The third-order valence-electron chi connectivity index (χ3n) is 2.03. The second-order valence-corrected chi connectivity index (χ2v) is 3.09. The van der Waals surface area contributed by atoms with Crippen LogP contribution in [0.15, 0.2) is 18.2 Å². The van der Waals surface area contributed by atoms with E-state index in [1.807, 2.05) is 0 Å². The molecule has 0 saturated heterocycles. The molecule has 0 saturated carbocycles. The summed E-state index contributed by atoms with van der Waals surface area (Å²) in [6.07, 6.45) is -1.37. The Kier molecular flexibility index (Phi) is 4.13. The molecule has 5 nitrogen and oxygen atoms in total. The molecule has 0 unspecified atom stereocenters. The minimum Gasteiger partial charge on any atom is -0.504 e. The van der Waals surface area contributed by atoms with E-state index in [0.717, 1.165) is 0 Å². The van der Waals surface area contributed by atoms with Gasteiger partial charge in [0.15, 0.2) is 17.6 Å². The molecule has 88 valence electrons. The molecule has 1 atom stereocenters. The second-order valence-electron chi connectivity index (χ2n) is 3.09. The Morgan fingerprint density at radius 1 is 1.50 bits per heavy atom. The van der Waals surface area contributed by atoms with Crippen molar-refractivity contribution in [2.24, 2.45) is 0 Å². The van der Waals surface area contributed by atoms with Crippen LogP contribution in [-0.4, -0.2) is 29.9 Å². The third kappa shape index (κ3) is 2.64. The number of aliphatic hydroxyl groups excluding tert-OH is 1. The molecule has 1 aromatic rings. The number of phenols is 1. The van der Waals surface area contributed by atoms with Crippen LogP contribution in [0.2, 0.25) is 0 Å². The van der Waals surface area contributed by atoms with Crippen LogP contribution in [-0.2, 0) is 9.53 Å². The van der Waals surface area contributed by atoms with Crippen molar-refractivity contribution in [3.8, 4) is 11.5 Å². The van der Waals surface area contributed by atoms with Crippen molar-refractivity contribution >= 4 is 5.97 Å². The zero-order valence-corrected chi connectivity index (χ0v) is 9.14. The minimum atomic E-state index is -1.37. The Morgan fingerprint density at radius 3 is 2.75 bits per heavy atom. The summed E-state index contributed by atoms with van der Waals surface area (Å²) < 4.78 is 9.53. The number of phenolic OH excluding ortho intramolecular Hbond substituents is 1. The lowest BCUT2D eigenvalue weighted by Gasteiger charge is -2.11. The normalized spacial score (nSPS) is 11.9. The summed E-state index contributed by atoms with van der Waals surface area (Å²) in [4.78, 5) is 11.3. The molecule has 1 aromatic carbocycles. The number of rotatable bonds is 4. The maximum Gasteiger partial charge on any atom is 0.339 e. The number of hydrogen-bond donors (Lipinski definition) is 2.